The molecule has 0 aromatic rings. The molecule has 0 aromatic heterocycles. The first-order valence-corrected chi connectivity index (χ1v) is 9.14. The standard InChI is InChI=1S/C17H26O13/c1-16(25)10-15(30-14-9(21)8(20)7(19)6(3-18)29-14)28-4-5(13(24)27-2)17(10,26)12(23)11(16)22/h4,6-12,14-15,18-23,25-26H,3H2,1-2H3/t6-,7-,8+,9-,10+,11-,12+,14+,15-,16+,17-/m1/s1. The SMILES string of the molecule is COC(=O)C1=CO[C@H](O[C@@H]2O[C@H](CO)[C@@H](O)[C@H](O)[C@H]2O)[C@H]2[C@](C)(O)[C@H](O)[C@H](O)[C@@]12O. The molecule has 0 radical (unpaired) electrons. The molecular formula is C17H26O13. The van der Waals surface area contributed by atoms with Gasteiger partial charge in [-0.2, -0.15) is 0 Å². The van der Waals surface area contributed by atoms with Crippen LogP contribution in [-0.2, 0) is 23.7 Å². The third-order valence-corrected chi connectivity index (χ3v) is 6.00. The van der Waals surface area contributed by atoms with Gasteiger partial charge >= 0.3 is 5.97 Å². The smallest absolute Gasteiger partial charge is 0.339 e. The fourth-order valence-corrected chi connectivity index (χ4v) is 4.24. The molecule has 30 heavy (non-hydrogen) atoms. The number of carbonyl (C=O) groups excluding carboxylic acids is 1. The molecule has 0 bridgehead atoms. The summed E-state index contributed by atoms with van der Waals surface area (Å²) in [6, 6.07) is 0. The molecule has 11 atom stereocenters. The van der Waals surface area contributed by atoms with Gasteiger partial charge in [-0.05, 0) is 6.92 Å². The number of methoxy groups -OCH3 is 1. The molecule has 1 saturated heterocycles. The number of hydrogen-bond acceptors (Lipinski definition) is 13. The van der Waals surface area contributed by atoms with Crippen LogP contribution >= 0.6 is 0 Å². The summed E-state index contributed by atoms with van der Waals surface area (Å²) >= 11 is 0. The fourth-order valence-electron chi connectivity index (χ4n) is 4.24. The third kappa shape index (κ3) is 3.22. The van der Waals surface area contributed by atoms with Gasteiger partial charge in [-0.25, -0.2) is 4.79 Å². The Labute approximate surface area is 170 Å². The van der Waals surface area contributed by atoms with Gasteiger partial charge in [-0.3, -0.25) is 0 Å². The number of hydrogen-bond donors (Lipinski definition) is 8. The average molecular weight is 438 g/mol. The molecular weight excluding hydrogens is 412 g/mol. The Bertz CT molecular complexity index is 693. The van der Waals surface area contributed by atoms with E-state index in [2.05, 4.69) is 4.74 Å². The first-order chi connectivity index (χ1) is 13.9. The van der Waals surface area contributed by atoms with Crippen LogP contribution in [0, 0.1) is 5.92 Å². The molecule has 2 heterocycles. The molecule has 0 spiro atoms. The lowest BCUT2D eigenvalue weighted by atomic mass is 9.76. The van der Waals surface area contributed by atoms with E-state index in [-0.39, 0.29) is 0 Å². The zero-order chi connectivity index (χ0) is 22.6. The number of esters is 1. The molecule has 0 aromatic carbocycles. The van der Waals surface area contributed by atoms with Crippen LogP contribution in [0.25, 0.3) is 0 Å². The highest BCUT2D eigenvalue weighted by molar-refractivity contribution is 5.91. The Morgan fingerprint density at radius 1 is 1.07 bits per heavy atom. The Kier molecular flexibility index (Phi) is 6.16. The van der Waals surface area contributed by atoms with Gasteiger partial charge in [-0.1, -0.05) is 0 Å². The maximum atomic E-state index is 12.1. The van der Waals surface area contributed by atoms with Crippen LogP contribution in [0.5, 0.6) is 0 Å². The summed E-state index contributed by atoms with van der Waals surface area (Å²) in [7, 11) is 1.01. The molecule has 13 nitrogen and oxygen atoms in total. The van der Waals surface area contributed by atoms with Crippen molar-refractivity contribution in [3.8, 4) is 0 Å². The van der Waals surface area contributed by atoms with Crippen LogP contribution in [0.2, 0.25) is 0 Å². The van der Waals surface area contributed by atoms with E-state index in [4.69, 9.17) is 14.2 Å². The van der Waals surface area contributed by atoms with Crippen LogP contribution in [0.3, 0.4) is 0 Å². The maximum absolute atomic E-state index is 12.1. The minimum absolute atomic E-state index is 0.590. The summed E-state index contributed by atoms with van der Waals surface area (Å²) in [4.78, 5) is 12.1. The van der Waals surface area contributed by atoms with Crippen molar-refractivity contribution in [2.75, 3.05) is 13.7 Å². The van der Waals surface area contributed by atoms with Gasteiger partial charge in [0.2, 0.25) is 6.29 Å². The molecule has 3 aliphatic rings. The minimum atomic E-state index is -2.58. The van der Waals surface area contributed by atoms with Crippen molar-refractivity contribution in [1.82, 2.24) is 0 Å². The normalized spacial score (nSPS) is 51.0. The summed E-state index contributed by atoms with van der Waals surface area (Å²) in [6.45, 7) is 0.335. The molecule has 2 fully saturated rings. The number of fused-ring (bicyclic) bond motifs is 1. The van der Waals surface area contributed by atoms with E-state index >= 15 is 0 Å². The second kappa shape index (κ2) is 7.94. The second-order valence-corrected chi connectivity index (χ2v) is 7.78. The van der Waals surface area contributed by atoms with Crippen molar-refractivity contribution in [3.05, 3.63) is 11.8 Å². The second-order valence-electron chi connectivity index (χ2n) is 7.78. The number of aliphatic hydroxyl groups excluding tert-OH is 6. The van der Waals surface area contributed by atoms with E-state index in [1.54, 1.807) is 0 Å². The summed E-state index contributed by atoms with van der Waals surface area (Å²) in [5.74, 6) is -2.79. The summed E-state index contributed by atoms with van der Waals surface area (Å²) in [5.41, 5.74) is -5.43. The van der Waals surface area contributed by atoms with Gasteiger partial charge in [0.05, 0.1) is 19.6 Å². The van der Waals surface area contributed by atoms with Gasteiger partial charge in [0, 0.05) is 0 Å². The molecule has 1 aliphatic carbocycles. The van der Waals surface area contributed by atoms with Crippen molar-refractivity contribution in [3.63, 3.8) is 0 Å². The molecule has 0 amide bonds. The third-order valence-electron chi connectivity index (χ3n) is 6.00. The lowest BCUT2D eigenvalue weighted by Gasteiger charge is -2.46. The highest BCUT2D eigenvalue weighted by atomic mass is 16.8. The topological polar surface area (TPSA) is 216 Å². The number of carbonyl (C=O) groups is 1. The summed E-state index contributed by atoms with van der Waals surface area (Å²) < 4.78 is 20.5. The number of rotatable bonds is 4. The lowest BCUT2D eigenvalue weighted by Crippen LogP contribution is -2.63. The van der Waals surface area contributed by atoms with Crippen molar-refractivity contribution in [2.24, 2.45) is 5.92 Å². The van der Waals surface area contributed by atoms with Gasteiger partial charge in [0.25, 0.3) is 0 Å². The average Bonchev–Trinajstić information content (AvgIpc) is 2.85. The first-order valence-electron chi connectivity index (χ1n) is 9.14. The maximum Gasteiger partial charge on any atom is 0.339 e. The molecule has 8 N–H and O–H groups in total. The van der Waals surface area contributed by atoms with Crippen molar-refractivity contribution in [2.45, 2.75) is 67.3 Å². The van der Waals surface area contributed by atoms with E-state index in [1.807, 2.05) is 0 Å². The highest BCUT2D eigenvalue weighted by Crippen LogP contribution is 2.52. The summed E-state index contributed by atoms with van der Waals surface area (Å²) in [5, 5.41) is 81.9. The molecule has 1 saturated carbocycles. The van der Waals surface area contributed by atoms with Crippen LogP contribution in [0.15, 0.2) is 11.8 Å². The highest BCUT2D eigenvalue weighted by Gasteiger charge is 2.72. The summed E-state index contributed by atoms with van der Waals surface area (Å²) in [6.07, 6.45) is -13.3. The molecule has 3 rings (SSSR count). The van der Waals surface area contributed by atoms with Crippen LogP contribution < -0.4 is 0 Å². The molecule has 13 heteroatoms. The van der Waals surface area contributed by atoms with Crippen molar-refractivity contribution in [1.29, 1.82) is 0 Å². The Balaban J connectivity index is 1.96. The largest absolute Gasteiger partial charge is 0.471 e. The number of ether oxygens (including phenoxy) is 4. The van der Waals surface area contributed by atoms with Gasteiger partial charge in [-0.15, -0.1) is 0 Å². The lowest BCUT2D eigenvalue weighted by molar-refractivity contribution is -0.352. The Hall–Kier alpha value is -1.39. The predicted molar refractivity (Wildman–Crippen MR) is 90.9 cm³/mol. The van der Waals surface area contributed by atoms with Crippen LogP contribution in [0.4, 0.5) is 0 Å². The van der Waals surface area contributed by atoms with Crippen molar-refractivity contribution < 1.29 is 64.6 Å². The minimum Gasteiger partial charge on any atom is -0.471 e. The van der Waals surface area contributed by atoms with E-state index in [9.17, 15) is 45.6 Å². The van der Waals surface area contributed by atoms with Crippen LogP contribution in [0.1, 0.15) is 6.92 Å². The molecule has 2 aliphatic heterocycles. The van der Waals surface area contributed by atoms with E-state index in [0.29, 0.717) is 6.26 Å². The Morgan fingerprint density at radius 2 is 1.70 bits per heavy atom. The van der Waals surface area contributed by atoms with E-state index in [1.165, 1.54) is 0 Å². The first kappa shape index (κ1) is 23.3. The van der Waals surface area contributed by atoms with Gasteiger partial charge in [0.15, 0.2) is 6.29 Å². The predicted octanol–water partition coefficient (Wildman–Crippen LogP) is -4.95. The van der Waals surface area contributed by atoms with Gasteiger partial charge < -0.3 is 59.8 Å². The quantitative estimate of drug-likeness (QED) is 0.193. The number of aliphatic hydroxyl groups is 8. The van der Waals surface area contributed by atoms with E-state index < -0.39 is 84.5 Å². The van der Waals surface area contributed by atoms with Crippen molar-refractivity contribution >= 4 is 5.97 Å². The molecule has 0 unspecified atom stereocenters. The van der Waals surface area contributed by atoms with Crippen LogP contribution in [-0.4, -0.2) is 121 Å². The monoisotopic (exact) mass is 438 g/mol. The zero-order valence-electron chi connectivity index (χ0n) is 16.1. The molecule has 172 valence electrons. The fraction of sp³-hybridized carbons (Fsp3) is 0.824. The zero-order valence-corrected chi connectivity index (χ0v) is 16.1. The van der Waals surface area contributed by atoms with E-state index in [0.717, 1.165) is 14.0 Å². The Morgan fingerprint density at radius 3 is 2.27 bits per heavy atom. The van der Waals surface area contributed by atoms with Gasteiger partial charge in [0.1, 0.15) is 59.7 Å².